The van der Waals surface area contributed by atoms with Gasteiger partial charge in [-0.1, -0.05) is 61.5 Å². The van der Waals surface area contributed by atoms with Crippen LogP contribution in [0.4, 0.5) is 0 Å². The van der Waals surface area contributed by atoms with Gasteiger partial charge in [0, 0.05) is 18.5 Å². The van der Waals surface area contributed by atoms with Crippen molar-refractivity contribution in [2.45, 2.75) is 51.9 Å². The lowest BCUT2D eigenvalue weighted by molar-refractivity contribution is -0.126. The van der Waals surface area contributed by atoms with Crippen LogP contribution < -0.4 is 4.74 Å². The molecule has 0 saturated carbocycles. The number of hydrogen-bond donors (Lipinski definition) is 1. The van der Waals surface area contributed by atoms with Crippen molar-refractivity contribution in [3.05, 3.63) is 108 Å². The number of amides is 1. The summed E-state index contributed by atoms with van der Waals surface area (Å²) in [4.78, 5) is 14.2. The number of allylic oxidation sites excluding steroid dienone is 2. The van der Waals surface area contributed by atoms with Crippen LogP contribution in [0.1, 0.15) is 68.6 Å². The van der Waals surface area contributed by atoms with Crippen molar-refractivity contribution in [3.8, 4) is 5.75 Å². The zero-order valence-corrected chi connectivity index (χ0v) is 23.4. The number of aromatic nitrogens is 2. The molecule has 0 bridgehead atoms. The molecular formula is C35H39N3O2. The standard InChI is InChI=1S/C35H39N3O2/c1-2-32(27-13-7-5-8-14-27)35(29-18-21-33-30(25-29)26-36-37-33)28-16-19-31(20-17-28)40-24-12-4-3-9-15-34(39)38-22-10-6-11-23-38/h5,7-9,13-21,25-26H,2-4,6,10-12,22-24H2,1H3,(H,36,37)/b15-9+,35-32+. The third-order valence-electron chi connectivity index (χ3n) is 7.61. The number of hydrogen-bond acceptors (Lipinski definition) is 3. The maximum Gasteiger partial charge on any atom is 0.246 e. The smallest absolute Gasteiger partial charge is 0.246 e. The van der Waals surface area contributed by atoms with Gasteiger partial charge in [0.05, 0.1) is 18.3 Å². The number of piperidine rings is 1. The number of unbranched alkanes of at least 4 members (excludes halogenated alkanes) is 2. The molecule has 1 N–H and O–H groups in total. The fraction of sp³-hybridized carbons (Fsp3) is 0.314. The number of ether oxygens (including phenoxy) is 1. The summed E-state index contributed by atoms with van der Waals surface area (Å²) < 4.78 is 6.06. The van der Waals surface area contributed by atoms with Gasteiger partial charge in [0.15, 0.2) is 0 Å². The molecule has 4 aromatic rings. The Balaban J connectivity index is 1.23. The Morgan fingerprint density at radius 2 is 1.70 bits per heavy atom. The van der Waals surface area contributed by atoms with Crippen molar-refractivity contribution < 1.29 is 9.53 Å². The van der Waals surface area contributed by atoms with Gasteiger partial charge in [-0.05, 0) is 103 Å². The minimum Gasteiger partial charge on any atom is -0.494 e. The van der Waals surface area contributed by atoms with E-state index in [0.29, 0.717) is 6.61 Å². The molecule has 0 unspecified atom stereocenters. The number of likely N-dealkylation sites (tertiary alicyclic amines) is 1. The van der Waals surface area contributed by atoms with E-state index >= 15 is 0 Å². The molecule has 40 heavy (non-hydrogen) atoms. The monoisotopic (exact) mass is 533 g/mol. The predicted molar refractivity (Wildman–Crippen MR) is 164 cm³/mol. The molecule has 0 aliphatic carbocycles. The number of H-pyrrole nitrogens is 1. The molecule has 5 rings (SSSR count). The molecule has 0 atom stereocenters. The lowest BCUT2D eigenvalue weighted by atomic mass is 9.88. The van der Waals surface area contributed by atoms with Crippen molar-refractivity contribution in [1.82, 2.24) is 15.1 Å². The molecular weight excluding hydrogens is 494 g/mol. The molecule has 206 valence electrons. The van der Waals surface area contributed by atoms with Gasteiger partial charge in [-0.3, -0.25) is 9.89 Å². The molecule has 0 radical (unpaired) electrons. The van der Waals surface area contributed by atoms with E-state index in [2.05, 4.69) is 89.9 Å². The van der Waals surface area contributed by atoms with Crippen LogP contribution in [-0.4, -0.2) is 40.7 Å². The number of carbonyl (C=O) groups is 1. The van der Waals surface area contributed by atoms with E-state index in [9.17, 15) is 4.79 Å². The molecule has 5 nitrogen and oxygen atoms in total. The number of rotatable bonds is 11. The Bertz CT molecular complexity index is 1450. The van der Waals surface area contributed by atoms with Gasteiger partial charge in [-0.15, -0.1) is 0 Å². The van der Waals surface area contributed by atoms with Gasteiger partial charge in [0.2, 0.25) is 5.91 Å². The zero-order valence-electron chi connectivity index (χ0n) is 23.4. The van der Waals surface area contributed by atoms with Crippen LogP contribution in [0.5, 0.6) is 5.75 Å². The van der Waals surface area contributed by atoms with Gasteiger partial charge in [0.1, 0.15) is 5.75 Å². The van der Waals surface area contributed by atoms with Crippen LogP contribution in [0, 0.1) is 0 Å². The first kappa shape index (κ1) is 27.4. The summed E-state index contributed by atoms with van der Waals surface area (Å²) in [7, 11) is 0. The second-order valence-corrected chi connectivity index (χ2v) is 10.4. The Morgan fingerprint density at radius 1 is 0.925 bits per heavy atom. The highest BCUT2D eigenvalue weighted by molar-refractivity contribution is 6.00. The first-order chi connectivity index (χ1) is 19.7. The van der Waals surface area contributed by atoms with Crippen molar-refractivity contribution >= 4 is 28.0 Å². The topological polar surface area (TPSA) is 58.2 Å². The van der Waals surface area contributed by atoms with Crippen LogP contribution in [0.25, 0.3) is 22.0 Å². The summed E-state index contributed by atoms with van der Waals surface area (Å²) in [6.07, 6.45) is 12.9. The maximum atomic E-state index is 12.2. The molecule has 1 amide bonds. The molecule has 1 fully saturated rings. The Labute approximate surface area is 237 Å². The van der Waals surface area contributed by atoms with E-state index in [1.807, 2.05) is 17.2 Å². The Hall–Kier alpha value is -4.12. The Morgan fingerprint density at radius 3 is 2.48 bits per heavy atom. The number of carbonyl (C=O) groups excluding carboxylic acids is 1. The lowest BCUT2D eigenvalue weighted by Crippen LogP contribution is -2.34. The second kappa shape index (κ2) is 13.8. The summed E-state index contributed by atoms with van der Waals surface area (Å²) in [5.41, 5.74) is 7.15. The van der Waals surface area contributed by atoms with E-state index in [1.54, 1.807) is 6.08 Å². The number of benzene rings is 3. The SMILES string of the molecule is CC/C(=C(/c1ccc(OCCCC/C=C/C(=O)N2CCCCC2)cc1)c1ccc2[nH]ncc2c1)c1ccccc1. The van der Waals surface area contributed by atoms with Crippen molar-refractivity contribution in [1.29, 1.82) is 0 Å². The third-order valence-corrected chi connectivity index (χ3v) is 7.61. The van der Waals surface area contributed by atoms with Gasteiger partial charge < -0.3 is 9.64 Å². The average Bonchev–Trinajstić information content (AvgIpc) is 3.49. The summed E-state index contributed by atoms with van der Waals surface area (Å²) in [6.45, 7) is 4.68. The second-order valence-electron chi connectivity index (χ2n) is 10.4. The zero-order chi connectivity index (χ0) is 27.6. The molecule has 1 aromatic heterocycles. The first-order valence-electron chi connectivity index (χ1n) is 14.6. The summed E-state index contributed by atoms with van der Waals surface area (Å²) >= 11 is 0. The number of nitrogens with one attached hydrogen (secondary N) is 1. The van der Waals surface area contributed by atoms with Crippen LogP contribution in [-0.2, 0) is 4.79 Å². The maximum absolute atomic E-state index is 12.2. The number of fused-ring (bicyclic) bond motifs is 1. The molecule has 3 aromatic carbocycles. The van der Waals surface area contributed by atoms with Gasteiger partial charge in [0.25, 0.3) is 0 Å². The summed E-state index contributed by atoms with van der Waals surface area (Å²) in [5.74, 6) is 1.04. The molecule has 2 heterocycles. The Kier molecular flexibility index (Phi) is 9.46. The van der Waals surface area contributed by atoms with Crippen LogP contribution in [0.2, 0.25) is 0 Å². The van der Waals surface area contributed by atoms with Crippen LogP contribution in [0.3, 0.4) is 0 Å². The molecule has 1 saturated heterocycles. The third kappa shape index (κ3) is 6.90. The predicted octanol–water partition coefficient (Wildman–Crippen LogP) is 8.05. The molecule has 5 heteroatoms. The first-order valence-corrected chi connectivity index (χ1v) is 14.6. The van der Waals surface area contributed by atoms with Crippen LogP contribution in [0.15, 0.2) is 91.1 Å². The van der Waals surface area contributed by atoms with Gasteiger partial charge in [-0.2, -0.15) is 5.10 Å². The van der Waals surface area contributed by atoms with E-state index in [0.717, 1.165) is 68.3 Å². The lowest BCUT2D eigenvalue weighted by Gasteiger charge is -2.25. The van der Waals surface area contributed by atoms with Gasteiger partial charge in [-0.25, -0.2) is 0 Å². The van der Waals surface area contributed by atoms with E-state index < -0.39 is 0 Å². The van der Waals surface area contributed by atoms with Crippen molar-refractivity contribution in [2.24, 2.45) is 0 Å². The van der Waals surface area contributed by atoms with Gasteiger partial charge >= 0.3 is 0 Å². The summed E-state index contributed by atoms with van der Waals surface area (Å²) in [5, 5.41) is 8.37. The van der Waals surface area contributed by atoms with Crippen molar-refractivity contribution in [3.63, 3.8) is 0 Å². The highest BCUT2D eigenvalue weighted by atomic mass is 16.5. The molecule has 1 aliphatic rings. The highest BCUT2D eigenvalue weighted by Gasteiger charge is 2.15. The fourth-order valence-corrected chi connectivity index (χ4v) is 5.45. The highest BCUT2D eigenvalue weighted by Crippen LogP contribution is 2.36. The van der Waals surface area contributed by atoms with E-state index in [-0.39, 0.29) is 5.91 Å². The quantitative estimate of drug-likeness (QED) is 0.121. The van der Waals surface area contributed by atoms with E-state index in [4.69, 9.17) is 4.74 Å². The normalized spacial score (nSPS) is 14.5. The largest absolute Gasteiger partial charge is 0.494 e. The number of nitrogens with zero attached hydrogens (tertiary/aromatic N) is 2. The van der Waals surface area contributed by atoms with E-state index in [1.165, 1.54) is 34.3 Å². The average molecular weight is 534 g/mol. The molecule has 1 aliphatic heterocycles. The fourth-order valence-electron chi connectivity index (χ4n) is 5.45. The van der Waals surface area contributed by atoms with Crippen LogP contribution >= 0.6 is 0 Å². The molecule has 0 spiro atoms. The summed E-state index contributed by atoms with van der Waals surface area (Å²) in [6, 6.07) is 25.6. The van der Waals surface area contributed by atoms with Crippen molar-refractivity contribution in [2.75, 3.05) is 19.7 Å². The minimum atomic E-state index is 0.160. The minimum absolute atomic E-state index is 0.160. The number of aromatic amines is 1.